The van der Waals surface area contributed by atoms with Gasteiger partial charge in [0.15, 0.2) is 5.76 Å². The Kier molecular flexibility index (Phi) is 5.61. The van der Waals surface area contributed by atoms with Gasteiger partial charge in [-0.2, -0.15) is 0 Å². The van der Waals surface area contributed by atoms with Gasteiger partial charge >= 0.3 is 0 Å². The third-order valence-corrected chi connectivity index (χ3v) is 5.09. The fraction of sp³-hybridized carbons (Fsp3) is 0.364. The van der Waals surface area contributed by atoms with Crippen LogP contribution in [0.25, 0.3) is 11.3 Å². The largest absolute Gasteiger partial charge is 0.359 e. The Morgan fingerprint density at radius 2 is 1.85 bits per heavy atom. The molecule has 1 fully saturated rings. The molecule has 0 N–H and O–H groups in total. The molecular weight excluding hydrogens is 336 g/mol. The molecule has 140 valence electrons. The summed E-state index contributed by atoms with van der Waals surface area (Å²) in [5.74, 6) is 0.869. The molecule has 0 saturated carbocycles. The Balaban J connectivity index is 1.40. The van der Waals surface area contributed by atoms with Gasteiger partial charge in [-0.15, -0.1) is 0 Å². The molecule has 1 aliphatic rings. The van der Waals surface area contributed by atoms with E-state index < -0.39 is 0 Å². The first kappa shape index (κ1) is 17.9. The van der Waals surface area contributed by atoms with E-state index >= 15 is 0 Å². The van der Waals surface area contributed by atoms with Crippen molar-refractivity contribution in [3.05, 3.63) is 71.7 Å². The highest BCUT2D eigenvalue weighted by atomic mass is 16.5. The van der Waals surface area contributed by atoms with Gasteiger partial charge in [0, 0.05) is 37.1 Å². The molecule has 0 spiro atoms. The van der Waals surface area contributed by atoms with Gasteiger partial charge in [-0.05, 0) is 56.2 Å². The number of rotatable bonds is 7. The highest BCUT2D eigenvalue weighted by Gasteiger charge is 2.15. The van der Waals surface area contributed by atoms with Crippen molar-refractivity contribution in [3.63, 3.8) is 0 Å². The van der Waals surface area contributed by atoms with Crippen LogP contribution in [0.2, 0.25) is 0 Å². The highest BCUT2D eigenvalue weighted by Crippen LogP contribution is 2.20. The lowest BCUT2D eigenvalue weighted by Gasteiger charge is -2.20. The van der Waals surface area contributed by atoms with Crippen molar-refractivity contribution in [2.75, 3.05) is 20.1 Å². The van der Waals surface area contributed by atoms with E-state index in [9.17, 15) is 0 Å². The van der Waals surface area contributed by atoms with E-state index in [1.165, 1.54) is 37.1 Å². The summed E-state index contributed by atoms with van der Waals surface area (Å²) in [6.07, 6.45) is 6.22. The quantitative estimate of drug-likeness (QED) is 0.636. The number of hydrogen-bond acceptors (Lipinski definition) is 5. The normalized spacial score (nSPS) is 14.9. The van der Waals surface area contributed by atoms with Crippen LogP contribution in [-0.4, -0.2) is 40.1 Å². The number of hydrogen-bond donors (Lipinski definition) is 0. The maximum atomic E-state index is 5.54. The number of benzene rings is 1. The summed E-state index contributed by atoms with van der Waals surface area (Å²) >= 11 is 0. The van der Waals surface area contributed by atoms with Crippen LogP contribution in [0.5, 0.6) is 0 Å². The molecule has 0 unspecified atom stereocenters. The lowest BCUT2D eigenvalue weighted by atomic mass is 10.1. The first-order valence-corrected chi connectivity index (χ1v) is 9.61. The van der Waals surface area contributed by atoms with Crippen molar-refractivity contribution in [2.24, 2.45) is 0 Å². The number of aromatic nitrogens is 2. The van der Waals surface area contributed by atoms with Crippen LogP contribution in [0.4, 0.5) is 0 Å². The van der Waals surface area contributed by atoms with Crippen molar-refractivity contribution in [2.45, 2.75) is 32.5 Å². The number of nitrogens with zero attached hydrogens (tertiary/aromatic N) is 4. The summed E-state index contributed by atoms with van der Waals surface area (Å²) < 4.78 is 5.54. The van der Waals surface area contributed by atoms with Crippen molar-refractivity contribution >= 4 is 0 Å². The maximum absolute atomic E-state index is 5.54. The van der Waals surface area contributed by atoms with Crippen molar-refractivity contribution in [1.82, 2.24) is 19.9 Å². The van der Waals surface area contributed by atoms with Crippen LogP contribution in [-0.2, 0) is 19.6 Å². The smallest absolute Gasteiger partial charge is 0.151 e. The van der Waals surface area contributed by atoms with E-state index in [-0.39, 0.29) is 0 Å². The van der Waals surface area contributed by atoms with Gasteiger partial charge < -0.3 is 4.52 Å². The van der Waals surface area contributed by atoms with Crippen LogP contribution >= 0.6 is 0 Å². The molecule has 27 heavy (non-hydrogen) atoms. The van der Waals surface area contributed by atoms with Gasteiger partial charge in [-0.1, -0.05) is 29.4 Å². The van der Waals surface area contributed by atoms with Crippen LogP contribution in [0.1, 0.15) is 29.7 Å². The van der Waals surface area contributed by atoms with E-state index in [0.717, 1.165) is 36.7 Å². The van der Waals surface area contributed by atoms with E-state index in [0.29, 0.717) is 0 Å². The molecule has 0 bridgehead atoms. The second-order valence-electron chi connectivity index (χ2n) is 7.34. The molecule has 4 rings (SSSR count). The molecule has 1 aromatic carbocycles. The first-order valence-electron chi connectivity index (χ1n) is 9.61. The minimum absolute atomic E-state index is 0.727. The van der Waals surface area contributed by atoms with Crippen LogP contribution in [0.3, 0.4) is 0 Å². The fourth-order valence-corrected chi connectivity index (χ4v) is 3.70. The summed E-state index contributed by atoms with van der Waals surface area (Å²) in [7, 11) is 2.12. The van der Waals surface area contributed by atoms with Crippen molar-refractivity contribution < 1.29 is 4.52 Å². The molecule has 0 radical (unpaired) electrons. The van der Waals surface area contributed by atoms with E-state index in [1.807, 2.05) is 18.2 Å². The Hall–Kier alpha value is -2.50. The molecule has 0 atom stereocenters. The molecule has 3 aromatic rings. The summed E-state index contributed by atoms with van der Waals surface area (Å²) in [6, 6.07) is 14.7. The number of pyridine rings is 1. The summed E-state index contributed by atoms with van der Waals surface area (Å²) in [5.41, 5.74) is 4.63. The average molecular weight is 362 g/mol. The summed E-state index contributed by atoms with van der Waals surface area (Å²) in [5, 5.41) is 4.18. The van der Waals surface area contributed by atoms with Crippen molar-refractivity contribution in [3.8, 4) is 11.3 Å². The first-order chi connectivity index (χ1) is 13.3. The SMILES string of the molecule is CN(Cc1cc(-c2cccnc2)no1)Cc1ccccc1CN1CCCC1. The highest BCUT2D eigenvalue weighted by molar-refractivity contribution is 5.57. The summed E-state index contributed by atoms with van der Waals surface area (Å²) in [4.78, 5) is 8.97. The molecule has 0 aliphatic carbocycles. The topological polar surface area (TPSA) is 45.4 Å². The number of likely N-dealkylation sites (tertiary alicyclic amines) is 1. The zero-order valence-electron chi connectivity index (χ0n) is 15.8. The molecular formula is C22H26N4O. The lowest BCUT2D eigenvalue weighted by Crippen LogP contribution is -2.22. The van der Waals surface area contributed by atoms with E-state index in [4.69, 9.17) is 4.52 Å². The Labute approximate surface area is 160 Å². The minimum atomic E-state index is 0.727. The lowest BCUT2D eigenvalue weighted by molar-refractivity contribution is 0.264. The van der Waals surface area contributed by atoms with Gasteiger partial charge in [0.25, 0.3) is 0 Å². The fourth-order valence-electron chi connectivity index (χ4n) is 3.70. The maximum Gasteiger partial charge on any atom is 0.151 e. The third kappa shape index (κ3) is 4.62. The van der Waals surface area contributed by atoms with Gasteiger partial charge in [-0.25, -0.2) is 0 Å². The standard InChI is InChI=1S/C22H26N4O/c1-25(17-21-13-22(24-27-21)18-9-6-10-23-14-18)15-19-7-2-3-8-20(19)16-26-11-4-5-12-26/h2-3,6-10,13-14H,4-5,11-12,15-17H2,1H3. The molecule has 2 aromatic heterocycles. The van der Waals surface area contributed by atoms with Crippen LogP contribution in [0.15, 0.2) is 59.4 Å². The van der Waals surface area contributed by atoms with Gasteiger partial charge in [0.2, 0.25) is 0 Å². The average Bonchev–Trinajstić information content (AvgIpc) is 3.36. The second kappa shape index (κ2) is 8.46. The predicted molar refractivity (Wildman–Crippen MR) is 106 cm³/mol. The zero-order valence-corrected chi connectivity index (χ0v) is 15.8. The molecule has 3 heterocycles. The molecule has 5 nitrogen and oxygen atoms in total. The Morgan fingerprint density at radius 1 is 1.04 bits per heavy atom. The van der Waals surface area contributed by atoms with Crippen LogP contribution in [0, 0.1) is 0 Å². The van der Waals surface area contributed by atoms with Crippen LogP contribution < -0.4 is 0 Å². The molecule has 1 aliphatic heterocycles. The minimum Gasteiger partial charge on any atom is -0.359 e. The predicted octanol–water partition coefficient (Wildman–Crippen LogP) is 3.96. The molecule has 1 saturated heterocycles. The zero-order chi connectivity index (χ0) is 18.5. The Morgan fingerprint density at radius 3 is 2.63 bits per heavy atom. The van der Waals surface area contributed by atoms with E-state index in [1.54, 1.807) is 12.4 Å². The second-order valence-corrected chi connectivity index (χ2v) is 7.34. The van der Waals surface area contributed by atoms with Gasteiger partial charge in [0.05, 0.1) is 6.54 Å². The van der Waals surface area contributed by atoms with Gasteiger partial charge in [0.1, 0.15) is 5.69 Å². The third-order valence-electron chi connectivity index (χ3n) is 5.09. The Bertz CT molecular complexity index is 856. The molecule has 5 heteroatoms. The van der Waals surface area contributed by atoms with Gasteiger partial charge in [-0.3, -0.25) is 14.8 Å². The van der Waals surface area contributed by atoms with Crippen molar-refractivity contribution in [1.29, 1.82) is 0 Å². The van der Waals surface area contributed by atoms with E-state index in [2.05, 4.69) is 51.3 Å². The summed E-state index contributed by atoms with van der Waals surface area (Å²) in [6.45, 7) is 5.12. The monoisotopic (exact) mass is 362 g/mol. The molecule has 0 amide bonds.